The number of cyclic esters (lactones) is 1. The van der Waals surface area contributed by atoms with Crippen LogP contribution < -0.4 is 4.74 Å². The molecule has 1 saturated heterocycles. The summed E-state index contributed by atoms with van der Waals surface area (Å²) in [6.45, 7) is 0.504. The predicted octanol–water partition coefficient (Wildman–Crippen LogP) is 4.03. The number of carbonyl (C=O) groups excluding carboxylic acids is 1. The second-order valence-corrected chi connectivity index (χ2v) is 6.80. The molecule has 1 heterocycles. The lowest BCUT2D eigenvalue weighted by molar-refractivity contribution is -0.141. The summed E-state index contributed by atoms with van der Waals surface area (Å²) >= 11 is 3.48. The molecule has 0 bridgehead atoms. The summed E-state index contributed by atoms with van der Waals surface area (Å²) in [5.41, 5.74) is 2.36. The maximum Gasteiger partial charge on any atom is 0.309 e. The third-order valence-electron chi connectivity index (χ3n) is 4.31. The van der Waals surface area contributed by atoms with Crippen LogP contribution in [-0.4, -0.2) is 19.7 Å². The Hall–Kier alpha value is -1.81. The SMILES string of the molecule is COc1ccc(CC2COC(=O)C2Cc2cccc(Br)c2)cc1. The molecule has 1 aliphatic rings. The summed E-state index contributed by atoms with van der Waals surface area (Å²) in [5, 5.41) is 0. The molecule has 0 radical (unpaired) electrons. The number of hydrogen-bond donors (Lipinski definition) is 0. The van der Waals surface area contributed by atoms with Crippen LogP contribution in [0.25, 0.3) is 0 Å². The van der Waals surface area contributed by atoms with E-state index in [2.05, 4.69) is 40.2 Å². The number of esters is 1. The van der Waals surface area contributed by atoms with Crippen molar-refractivity contribution in [3.63, 3.8) is 0 Å². The highest BCUT2D eigenvalue weighted by Gasteiger charge is 2.36. The summed E-state index contributed by atoms with van der Waals surface area (Å²) in [4.78, 5) is 12.1. The number of benzene rings is 2. The zero-order valence-electron chi connectivity index (χ0n) is 13.0. The van der Waals surface area contributed by atoms with Gasteiger partial charge in [0, 0.05) is 10.4 Å². The standard InChI is InChI=1S/C19H19BrO3/c1-22-17-7-5-13(6-8-17)9-15-12-23-19(21)18(15)11-14-3-2-4-16(20)10-14/h2-8,10,15,18H,9,11-12H2,1H3. The van der Waals surface area contributed by atoms with Gasteiger partial charge in [-0.15, -0.1) is 0 Å². The van der Waals surface area contributed by atoms with Crippen molar-refractivity contribution in [1.82, 2.24) is 0 Å². The van der Waals surface area contributed by atoms with Crippen molar-refractivity contribution >= 4 is 21.9 Å². The minimum Gasteiger partial charge on any atom is -0.497 e. The lowest BCUT2D eigenvalue weighted by Gasteiger charge is -2.15. The fourth-order valence-corrected chi connectivity index (χ4v) is 3.48. The molecule has 2 atom stereocenters. The average Bonchev–Trinajstić information content (AvgIpc) is 2.89. The zero-order chi connectivity index (χ0) is 16.2. The molecule has 120 valence electrons. The number of ether oxygens (including phenoxy) is 2. The third-order valence-corrected chi connectivity index (χ3v) is 4.81. The Morgan fingerprint density at radius 2 is 1.91 bits per heavy atom. The van der Waals surface area contributed by atoms with E-state index >= 15 is 0 Å². The van der Waals surface area contributed by atoms with Crippen molar-refractivity contribution in [3.8, 4) is 5.75 Å². The predicted molar refractivity (Wildman–Crippen MR) is 92.5 cm³/mol. The Balaban J connectivity index is 1.71. The van der Waals surface area contributed by atoms with Crippen molar-refractivity contribution in [2.45, 2.75) is 12.8 Å². The summed E-state index contributed by atoms with van der Waals surface area (Å²) < 4.78 is 11.5. The molecule has 0 saturated carbocycles. The second kappa shape index (κ2) is 7.18. The fraction of sp³-hybridized carbons (Fsp3) is 0.316. The first kappa shape index (κ1) is 16.1. The lowest BCUT2D eigenvalue weighted by atomic mass is 9.85. The normalized spacial score (nSPS) is 20.3. The maximum absolute atomic E-state index is 12.1. The van der Waals surface area contributed by atoms with E-state index < -0.39 is 0 Å². The van der Waals surface area contributed by atoms with Crippen LogP contribution in [0.4, 0.5) is 0 Å². The van der Waals surface area contributed by atoms with E-state index in [4.69, 9.17) is 9.47 Å². The first-order valence-corrected chi connectivity index (χ1v) is 8.49. The zero-order valence-corrected chi connectivity index (χ0v) is 14.6. The van der Waals surface area contributed by atoms with Crippen molar-refractivity contribution in [3.05, 3.63) is 64.1 Å². The summed E-state index contributed by atoms with van der Waals surface area (Å²) in [6.07, 6.45) is 1.56. The van der Waals surface area contributed by atoms with E-state index in [0.717, 1.165) is 28.6 Å². The Bertz CT molecular complexity index is 681. The molecular weight excluding hydrogens is 356 g/mol. The van der Waals surface area contributed by atoms with Crippen LogP contribution in [-0.2, 0) is 22.4 Å². The van der Waals surface area contributed by atoms with Gasteiger partial charge in [0.05, 0.1) is 19.6 Å². The number of hydrogen-bond acceptors (Lipinski definition) is 3. The smallest absolute Gasteiger partial charge is 0.309 e. The average molecular weight is 375 g/mol. The first-order chi connectivity index (χ1) is 11.2. The van der Waals surface area contributed by atoms with Crippen molar-refractivity contribution < 1.29 is 14.3 Å². The molecule has 0 aliphatic carbocycles. The minimum atomic E-state index is -0.0801. The van der Waals surface area contributed by atoms with Gasteiger partial charge in [0.25, 0.3) is 0 Å². The Labute approximate surface area is 144 Å². The van der Waals surface area contributed by atoms with Crippen LogP contribution in [0.5, 0.6) is 5.75 Å². The van der Waals surface area contributed by atoms with Crippen molar-refractivity contribution in [2.24, 2.45) is 11.8 Å². The molecule has 1 aliphatic heterocycles. The Morgan fingerprint density at radius 3 is 2.61 bits per heavy atom. The monoisotopic (exact) mass is 374 g/mol. The fourth-order valence-electron chi connectivity index (χ4n) is 3.04. The van der Waals surface area contributed by atoms with Gasteiger partial charge in [-0.3, -0.25) is 4.79 Å². The van der Waals surface area contributed by atoms with E-state index in [1.54, 1.807) is 7.11 Å². The molecule has 3 nitrogen and oxygen atoms in total. The molecule has 4 heteroatoms. The van der Waals surface area contributed by atoms with Gasteiger partial charge in [-0.1, -0.05) is 40.2 Å². The Morgan fingerprint density at radius 1 is 1.13 bits per heavy atom. The summed E-state index contributed by atoms with van der Waals surface area (Å²) in [7, 11) is 1.66. The van der Waals surface area contributed by atoms with Gasteiger partial charge in [-0.2, -0.15) is 0 Å². The van der Waals surface area contributed by atoms with E-state index in [-0.39, 0.29) is 17.8 Å². The van der Waals surface area contributed by atoms with E-state index in [0.29, 0.717) is 6.61 Å². The summed E-state index contributed by atoms with van der Waals surface area (Å²) in [6, 6.07) is 16.1. The topological polar surface area (TPSA) is 35.5 Å². The van der Waals surface area contributed by atoms with Crippen LogP contribution in [0.1, 0.15) is 11.1 Å². The third kappa shape index (κ3) is 3.94. The quantitative estimate of drug-likeness (QED) is 0.741. The second-order valence-electron chi connectivity index (χ2n) is 5.88. The van der Waals surface area contributed by atoms with Gasteiger partial charge in [0.1, 0.15) is 5.75 Å². The van der Waals surface area contributed by atoms with Crippen LogP contribution in [0.15, 0.2) is 53.0 Å². The number of halogens is 1. The molecule has 2 unspecified atom stereocenters. The molecule has 0 spiro atoms. The highest BCUT2D eigenvalue weighted by atomic mass is 79.9. The van der Waals surface area contributed by atoms with Crippen molar-refractivity contribution in [2.75, 3.05) is 13.7 Å². The molecule has 1 fully saturated rings. The first-order valence-electron chi connectivity index (χ1n) is 7.69. The van der Waals surface area contributed by atoms with Gasteiger partial charge in [-0.25, -0.2) is 0 Å². The molecule has 23 heavy (non-hydrogen) atoms. The number of methoxy groups -OCH3 is 1. The highest BCUT2D eigenvalue weighted by Crippen LogP contribution is 2.30. The molecule has 2 aromatic carbocycles. The number of rotatable bonds is 5. The van der Waals surface area contributed by atoms with Crippen LogP contribution in [0, 0.1) is 11.8 Å². The molecule has 3 rings (SSSR count). The molecular formula is C19H19BrO3. The van der Waals surface area contributed by atoms with E-state index in [9.17, 15) is 4.79 Å². The van der Waals surface area contributed by atoms with Gasteiger partial charge in [0.2, 0.25) is 0 Å². The summed E-state index contributed by atoms with van der Waals surface area (Å²) in [5.74, 6) is 0.906. The molecule has 0 aromatic heterocycles. The minimum absolute atomic E-state index is 0.0774. The van der Waals surface area contributed by atoms with Gasteiger partial charge in [0.15, 0.2) is 0 Å². The van der Waals surface area contributed by atoms with Crippen LogP contribution >= 0.6 is 15.9 Å². The molecule has 2 aromatic rings. The molecule has 0 N–H and O–H groups in total. The molecule has 0 amide bonds. The van der Waals surface area contributed by atoms with Crippen LogP contribution in [0.2, 0.25) is 0 Å². The van der Waals surface area contributed by atoms with Gasteiger partial charge >= 0.3 is 5.97 Å². The number of carbonyl (C=O) groups is 1. The van der Waals surface area contributed by atoms with Crippen LogP contribution in [0.3, 0.4) is 0 Å². The van der Waals surface area contributed by atoms with Gasteiger partial charge in [-0.05, 0) is 48.2 Å². The highest BCUT2D eigenvalue weighted by molar-refractivity contribution is 9.10. The lowest BCUT2D eigenvalue weighted by Crippen LogP contribution is -2.20. The van der Waals surface area contributed by atoms with E-state index in [1.807, 2.05) is 24.3 Å². The van der Waals surface area contributed by atoms with E-state index in [1.165, 1.54) is 5.56 Å². The van der Waals surface area contributed by atoms with Crippen molar-refractivity contribution in [1.29, 1.82) is 0 Å². The largest absolute Gasteiger partial charge is 0.497 e. The van der Waals surface area contributed by atoms with Gasteiger partial charge < -0.3 is 9.47 Å². The Kier molecular flexibility index (Phi) is 5.01. The maximum atomic E-state index is 12.1.